The van der Waals surface area contributed by atoms with Crippen molar-refractivity contribution in [3.05, 3.63) is 47.1 Å². The van der Waals surface area contributed by atoms with Gasteiger partial charge in [0.25, 0.3) is 0 Å². The van der Waals surface area contributed by atoms with Gasteiger partial charge in [0.2, 0.25) is 0 Å². The summed E-state index contributed by atoms with van der Waals surface area (Å²) in [5.74, 6) is 0.634. The van der Waals surface area contributed by atoms with Gasteiger partial charge in [0.1, 0.15) is 17.3 Å². The van der Waals surface area contributed by atoms with Crippen molar-refractivity contribution in [2.45, 2.75) is 13.2 Å². The summed E-state index contributed by atoms with van der Waals surface area (Å²) < 4.78 is 0. The average Bonchev–Trinajstić information content (AvgIpc) is 2.39. The Morgan fingerprint density at radius 2 is 2.00 bits per heavy atom. The van der Waals surface area contributed by atoms with Crippen molar-refractivity contribution >= 4 is 17.4 Å². The van der Waals surface area contributed by atoms with Crippen molar-refractivity contribution < 1.29 is 5.11 Å². The quantitative estimate of drug-likeness (QED) is 0.851. The minimum Gasteiger partial charge on any atom is -0.391 e. The molecule has 0 saturated carbocycles. The van der Waals surface area contributed by atoms with E-state index in [1.165, 1.54) is 6.33 Å². The third-order valence-electron chi connectivity index (χ3n) is 2.56. The molecule has 0 aliphatic carbocycles. The number of anilines is 1. The second kappa shape index (κ2) is 5.75. The normalized spacial score (nSPS) is 10.4. The largest absolute Gasteiger partial charge is 0.391 e. The molecular formula is C12H13ClN4O. The Labute approximate surface area is 110 Å². The predicted octanol–water partition coefficient (Wildman–Crippen LogP) is 1.65. The van der Waals surface area contributed by atoms with Crippen LogP contribution in [0, 0.1) is 0 Å². The van der Waals surface area contributed by atoms with Gasteiger partial charge in [-0.05, 0) is 17.7 Å². The maximum atomic E-state index is 9.31. The van der Waals surface area contributed by atoms with Crippen LogP contribution in [-0.2, 0) is 13.2 Å². The summed E-state index contributed by atoms with van der Waals surface area (Å²) >= 11 is 5.93. The van der Waals surface area contributed by atoms with Crippen LogP contribution in [0.5, 0.6) is 0 Å². The zero-order valence-corrected chi connectivity index (χ0v) is 10.7. The molecule has 6 heteroatoms. The van der Waals surface area contributed by atoms with Crippen molar-refractivity contribution in [3.8, 4) is 0 Å². The van der Waals surface area contributed by atoms with Crippen molar-refractivity contribution in [2.75, 3.05) is 11.9 Å². The fourth-order valence-electron chi connectivity index (χ4n) is 1.68. The van der Waals surface area contributed by atoms with E-state index in [0.29, 0.717) is 17.9 Å². The smallest absolute Gasteiger partial charge is 0.140 e. The summed E-state index contributed by atoms with van der Waals surface area (Å²) in [6.45, 7) is 0.471. The van der Waals surface area contributed by atoms with Crippen LogP contribution >= 0.6 is 11.6 Å². The van der Waals surface area contributed by atoms with Gasteiger partial charge in [0.15, 0.2) is 0 Å². The van der Waals surface area contributed by atoms with E-state index in [9.17, 15) is 5.11 Å². The Morgan fingerprint density at radius 3 is 2.67 bits per heavy atom. The van der Waals surface area contributed by atoms with Crippen molar-refractivity contribution in [2.24, 2.45) is 0 Å². The molecule has 0 amide bonds. The number of hydrogen-bond acceptors (Lipinski definition) is 5. The van der Waals surface area contributed by atoms with Crippen molar-refractivity contribution in [3.63, 3.8) is 0 Å². The van der Waals surface area contributed by atoms with E-state index in [0.717, 1.165) is 5.56 Å². The van der Waals surface area contributed by atoms with Gasteiger partial charge < -0.3 is 10.0 Å². The number of nitrogens with zero attached hydrogens (tertiary/aromatic N) is 4. The lowest BCUT2D eigenvalue weighted by Crippen LogP contribution is -2.20. The minimum atomic E-state index is -0.185. The SMILES string of the molecule is CN(Cc1ccncc1)c1ncnc(Cl)c1CO. The molecule has 2 heterocycles. The van der Waals surface area contributed by atoms with Gasteiger partial charge in [-0.3, -0.25) is 4.98 Å². The van der Waals surface area contributed by atoms with Crippen molar-refractivity contribution in [1.82, 2.24) is 15.0 Å². The fraction of sp³-hybridized carbons (Fsp3) is 0.250. The van der Waals surface area contributed by atoms with Gasteiger partial charge in [-0.15, -0.1) is 0 Å². The molecule has 94 valence electrons. The molecular weight excluding hydrogens is 252 g/mol. The summed E-state index contributed by atoms with van der Waals surface area (Å²) in [6.07, 6.45) is 4.87. The van der Waals surface area contributed by atoms with Crippen LogP contribution in [0.1, 0.15) is 11.1 Å². The van der Waals surface area contributed by atoms with Crippen LogP contribution < -0.4 is 4.90 Å². The van der Waals surface area contributed by atoms with E-state index in [4.69, 9.17) is 11.6 Å². The highest BCUT2D eigenvalue weighted by atomic mass is 35.5. The maximum Gasteiger partial charge on any atom is 0.140 e. The number of aliphatic hydroxyl groups excluding tert-OH is 1. The molecule has 0 radical (unpaired) electrons. The average molecular weight is 265 g/mol. The zero-order valence-electron chi connectivity index (χ0n) is 9.91. The Bertz CT molecular complexity index is 521. The van der Waals surface area contributed by atoms with Crippen LogP contribution in [-0.4, -0.2) is 27.1 Å². The minimum absolute atomic E-state index is 0.185. The van der Waals surface area contributed by atoms with Crippen LogP contribution in [0.25, 0.3) is 0 Å². The third kappa shape index (κ3) is 2.75. The molecule has 2 aromatic rings. The first kappa shape index (κ1) is 12.7. The monoisotopic (exact) mass is 264 g/mol. The Kier molecular flexibility index (Phi) is 4.07. The summed E-state index contributed by atoms with van der Waals surface area (Å²) in [7, 11) is 1.89. The molecule has 2 rings (SSSR count). The van der Waals surface area contributed by atoms with Crippen LogP contribution in [0.3, 0.4) is 0 Å². The molecule has 0 aromatic carbocycles. The van der Waals surface area contributed by atoms with Gasteiger partial charge in [-0.25, -0.2) is 9.97 Å². The summed E-state index contributed by atoms with van der Waals surface area (Å²) in [4.78, 5) is 13.9. The summed E-state index contributed by atoms with van der Waals surface area (Å²) in [6, 6.07) is 3.86. The fourth-order valence-corrected chi connectivity index (χ4v) is 1.87. The van der Waals surface area contributed by atoms with E-state index in [1.807, 2.05) is 24.1 Å². The first-order chi connectivity index (χ1) is 8.72. The van der Waals surface area contributed by atoms with E-state index < -0.39 is 0 Å². The standard InChI is InChI=1S/C12H13ClN4O/c1-17(6-9-2-4-14-5-3-9)12-10(7-18)11(13)15-8-16-12/h2-5,8,18H,6-7H2,1H3. The third-order valence-corrected chi connectivity index (χ3v) is 2.88. The van der Waals surface area contributed by atoms with Crippen molar-refractivity contribution in [1.29, 1.82) is 0 Å². The van der Waals surface area contributed by atoms with Gasteiger partial charge in [-0.2, -0.15) is 0 Å². The molecule has 0 fully saturated rings. The molecule has 0 bridgehead atoms. The molecule has 0 unspecified atom stereocenters. The number of aliphatic hydroxyl groups is 1. The summed E-state index contributed by atoms with van der Waals surface area (Å²) in [5, 5.41) is 9.59. The predicted molar refractivity (Wildman–Crippen MR) is 69.3 cm³/mol. The molecule has 0 spiro atoms. The molecule has 0 aliphatic heterocycles. The molecule has 0 atom stereocenters. The van der Waals surface area contributed by atoms with Crippen LogP contribution in [0.15, 0.2) is 30.9 Å². The van der Waals surface area contributed by atoms with Crippen LogP contribution in [0.4, 0.5) is 5.82 Å². The second-order valence-corrected chi connectivity index (χ2v) is 4.19. The lowest BCUT2D eigenvalue weighted by atomic mass is 10.2. The lowest BCUT2D eigenvalue weighted by Gasteiger charge is -2.20. The summed E-state index contributed by atoms with van der Waals surface area (Å²) in [5.41, 5.74) is 1.64. The number of hydrogen-bond donors (Lipinski definition) is 1. The Hall–Kier alpha value is -1.72. The van der Waals surface area contributed by atoms with E-state index >= 15 is 0 Å². The molecule has 1 N–H and O–H groups in total. The topological polar surface area (TPSA) is 62.1 Å². The highest BCUT2D eigenvalue weighted by Crippen LogP contribution is 2.23. The van der Waals surface area contributed by atoms with Gasteiger partial charge >= 0.3 is 0 Å². The van der Waals surface area contributed by atoms with E-state index in [2.05, 4.69) is 15.0 Å². The highest BCUT2D eigenvalue weighted by Gasteiger charge is 2.13. The Morgan fingerprint density at radius 1 is 1.28 bits per heavy atom. The molecule has 0 aliphatic rings. The first-order valence-electron chi connectivity index (χ1n) is 5.42. The van der Waals surface area contributed by atoms with Gasteiger partial charge in [0, 0.05) is 26.0 Å². The number of pyridine rings is 1. The number of aromatic nitrogens is 3. The second-order valence-electron chi connectivity index (χ2n) is 3.84. The van der Waals surface area contributed by atoms with Gasteiger partial charge in [-0.1, -0.05) is 11.6 Å². The molecule has 18 heavy (non-hydrogen) atoms. The van der Waals surface area contributed by atoms with Crippen LogP contribution in [0.2, 0.25) is 5.15 Å². The van der Waals surface area contributed by atoms with Gasteiger partial charge in [0.05, 0.1) is 12.2 Å². The maximum absolute atomic E-state index is 9.31. The molecule has 0 saturated heterocycles. The van der Waals surface area contributed by atoms with E-state index in [-0.39, 0.29) is 11.8 Å². The molecule has 2 aromatic heterocycles. The lowest BCUT2D eigenvalue weighted by molar-refractivity contribution is 0.281. The zero-order chi connectivity index (χ0) is 13.0. The Balaban J connectivity index is 2.24. The number of halogens is 1. The van der Waals surface area contributed by atoms with E-state index in [1.54, 1.807) is 12.4 Å². The molecule has 5 nitrogen and oxygen atoms in total. The first-order valence-corrected chi connectivity index (χ1v) is 5.80. The number of rotatable bonds is 4. The highest BCUT2D eigenvalue weighted by molar-refractivity contribution is 6.30.